The maximum atomic E-state index is 11.3. The van der Waals surface area contributed by atoms with Crippen LogP contribution in [0.25, 0.3) is 0 Å². The van der Waals surface area contributed by atoms with Gasteiger partial charge in [0.25, 0.3) is 0 Å². The molecule has 1 aromatic carbocycles. The Morgan fingerprint density at radius 3 is 3.00 bits per heavy atom. The van der Waals surface area contributed by atoms with Gasteiger partial charge in [-0.15, -0.1) is 0 Å². The summed E-state index contributed by atoms with van der Waals surface area (Å²) in [5, 5.41) is 3.08. The highest BCUT2D eigenvalue weighted by molar-refractivity contribution is 6.31. The summed E-state index contributed by atoms with van der Waals surface area (Å²) in [6, 6.07) is 5.02. The molecule has 1 aromatic rings. The van der Waals surface area contributed by atoms with E-state index in [2.05, 4.69) is 17.2 Å². The summed E-state index contributed by atoms with van der Waals surface area (Å²) in [5.41, 5.74) is 6.45. The zero-order chi connectivity index (χ0) is 12.7. The normalized spacial score (nSPS) is 9.12. The molecule has 0 spiro atoms. The monoisotopic (exact) mass is 252 g/mol. The molecule has 0 aromatic heterocycles. The molecule has 1 rings (SSSR count). The lowest BCUT2D eigenvalue weighted by molar-refractivity contribution is 0.168. The molecular formula is C12H13ClN2O2. The molecule has 0 saturated carbocycles. The van der Waals surface area contributed by atoms with Gasteiger partial charge in [-0.3, -0.25) is 5.32 Å². The highest BCUT2D eigenvalue weighted by Crippen LogP contribution is 2.20. The van der Waals surface area contributed by atoms with Gasteiger partial charge in [-0.1, -0.05) is 23.4 Å². The number of halogens is 1. The van der Waals surface area contributed by atoms with Crippen LogP contribution >= 0.6 is 11.6 Å². The summed E-state index contributed by atoms with van der Waals surface area (Å²) in [6.45, 7) is 2.28. The van der Waals surface area contributed by atoms with E-state index in [-0.39, 0.29) is 6.54 Å². The first kappa shape index (κ1) is 13.4. The Morgan fingerprint density at radius 2 is 2.35 bits per heavy atom. The maximum absolute atomic E-state index is 11.3. The van der Waals surface area contributed by atoms with Gasteiger partial charge in [0.15, 0.2) is 0 Å². The summed E-state index contributed by atoms with van der Waals surface area (Å²) in [7, 11) is 0. The van der Waals surface area contributed by atoms with Crippen LogP contribution in [0.15, 0.2) is 18.2 Å². The van der Waals surface area contributed by atoms with E-state index in [1.165, 1.54) is 0 Å². The minimum Gasteiger partial charge on any atom is -0.450 e. The number of rotatable bonds is 2. The SMILES string of the molecule is CCOC(=O)Nc1cc(Cl)ccc1C#CCN. The Hall–Kier alpha value is -1.70. The minimum atomic E-state index is -0.537. The van der Waals surface area contributed by atoms with Crippen molar-refractivity contribution < 1.29 is 9.53 Å². The number of hydrogen-bond acceptors (Lipinski definition) is 3. The highest BCUT2D eigenvalue weighted by Gasteiger charge is 2.06. The molecule has 3 N–H and O–H groups in total. The molecule has 0 atom stereocenters. The molecule has 1 amide bonds. The number of amides is 1. The van der Waals surface area contributed by atoms with Crippen LogP contribution in [-0.4, -0.2) is 19.2 Å². The van der Waals surface area contributed by atoms with E-state index in [0.29, 0.717) is 22.9 Å². The predicted octanol–water partition coefficient (Wildman–Crippen LogP) is 2.22. The first-order valence-corrected chi connectivity index (χ1v) is 5.47. The zero-order valence-electron chi connectivity index (χ0n) is 9.42. The van der Waals surface area contributed by atoms with Crippen molar-refractivity contribution in [1.82, 2.24) is 0 Å². The van der Waals surface area contributed by atoms with Crippen LogP contribution in [0.2, 0.25) is 5.02 Å². The molecule has 0 fully saturated rings. The van der Waals surface area contributed by atoms with E-state index < -0.39 is 6.09 Å². The Bertz CT molecular complexity index is 463. The van der Waals surface area contributed by atoms with Crippen molar-refractivity contribution in [3.63, 3.8) is 0 Å². The van der Waals surface area contributed by atoms with Crippen LogP contribution in [0.3, 0.4) is 0 Å². The third kappa shape index (κ3) is 4.35. The van der Waals surface area contributed by atoms with Gasteiger partial charge in [0.1, 0.15) is 0 Å². The third-order valence-electron chi connectivity index (χ3n) is 1.82. The molecule has 0 aliphatic carbocycles. The molecule has 0 radical (unpaired) electrons. The number of anilines is 1. The number of nitrogens with one attached hydrogen (secondary N) is 1. The predicted molar refractivity (Wildman–Crippen MR) is 68.0 cm³/mol. The van der Waals surface area contributed by atoms with E-state index >= 15 is 0 Å². The van der Waals surface area contributed by atoms with Crippen LogP contribution < -0.4 is 11.1 Å². The number of carbonyl (C=O) groups excluding carboxylic acids is 1. The van der Waals surface area contributed by atoms with Gasteiger partial charge in [-0.2, -0.15) is 0 Å². The van der Waals surface area contributed by atoms with E-state index in [4.69, 9.17) is 22.1 Å². The fraction of sp³-hybridized carbons (Fsp3) is 0.250. The lowest BCUT2D eigenvalue weighted by atomic mass is 10.2. The molecular weight excluding hydrogens is 240 g/mol. The van der Waals surface area contributed by atoms with Crippen molar-refractivity contribution in [2.75, 3.05) is 18.5 Å². The van der Waals surface area contributed by atoms with Gasteiger partial charge < -0.3 is 10.5 Å². The van der Waals surface area contributed by atoms with E-state index in [1.807, 2.05) is 0 Å². The largest absolute Gasteiger partial charge is 0.450 e. The van der Waals surface area contributed by atoms with E-state index in [0.717, 1.165) is 0 Å². The molecule has 17 heavy (non-hydrogen) atoms. The smallest absolute Gasteiger partial charge is 0.411 e. The van der Waals surface area contributed by atoms with Crippen LogP contribution in [-0.2, 0) is 4.74 Å². The summed E-state index contributed by atoms with van der Waals surface area (Å²) < 4.78 is 4.78. The average molecular weight is 253 g/mol. The molecule has 0 saturated heterocycles. The number of nitrogens with two attached hydrogens (primary N) is 1. The Labute approximate surface area is 105 Å². The quantitative estimate of drug-likeness (QED) is 0.794. The lowest BCUT2D eigenvalue weighted by Crippen LogP contribution is -2.14. The van der Waals surface area contributed by atoms with Gasteiger partial charge in [0.05, 0.1) is 18.8 Å². The highest BCUT2D eigenvalue weighted by atomic mass is 35.5. The molecule has 90 valence electrons. The van der Waals surface area contributed by atoms with Crippen LogP contribution in [0.4, 0.5) is 10.5 Å². The van der Waals surface area contributed by atoms with Gasteiger partial charge >= 0.3 is 6.09 Å². The number of hydrogen-bond donors (Lipinski definition) is 2. The van der Waals surface area contributed by atoms with Gasteiger partial charge in [0.2, 0.25) is 0 Å². The van der Waals surface area contributed by atoms with Crippen LogP contribution in [0.1, 0.15) is 12.5 Å². The first-order chi connectivity index (χ1) is 8.17. The van der Waals surface area contributed by atoms with Gasteiger partial charge in [0, 0.05) is 10.6 Å². The van der Waals surface area contributed by atoms with E-state index in [1.54, 1.807) is 25.1 Å². The van der Waals surface area contributed by atoms with Crippen LogP contribution in [0, 0.1) is 11.8 Å². The lowest BCUT2D eigenvalue weighted by Gasteiger charge is -2.07. The Balaban J connectivity index is 2.94. The van der Waals surface area contributed by atoms with Crippen molar-refractivity contribution in [3.8, 4) is 11.8 Å². The molecule has 0 heterocycles. The molecule has 0 aliphatic rings. The van der Waals surface area contributed by atoms with Crippen molar-refractivity contribution in [2.24, 2.45) is 5.73 Å². The summed E-state index contributed by atoms with van der Waals surface area (Å²) >= 11 is 5.85. The third-order valence-corrected chi connectivity index (χ3v) is 2.05. The standard InChI is InChI=1S/C12H13ClN2O2/c1-2-17-12(16)15-11-8-10(13)6-5-9(11)4-3-7-14/h5-6,8H,2,7,14H2,1H3,(H,15,16). The van der Waals surface area contributed by atoms with Gasteiger partial charge in [-0.25, -0.2) is 4.79 Å². The molecule has 5 heteroatoms. The van der Waals surface area contributed by atoms with Crippen molar-refractivity contribution in [3.05, 3.63) is 28.8 Å². The first-order valence-electron chi connectivity index (χ1n) is 5.09. The fourth-order valence-corrected chi connectivity index (χ4v) is 1.32. The van der Waals surface area contributed by atoms with E-state index in [9.17, 15) is 4.79 Å². The Kier molecular flexibility index (Phi) is 5.34. The second-order valence-electron chi connectivity index (χ2n) is 3.04. The topological polar surface area (TPSA) is 64.3 Å². The summed E-state index contributed by atoms with van der Waals surface area (Å²) in [5.74, 6) is 5.56. The number of carbonyl (C=O) groups is 1. The molecule has 0 aliphatic heterocycles. The number of benzene rings is 1. The molecule has 0 unspecified atom stereocenters. The van der Waals surface area contributed by atoms with Crippen molar-refractivity contribution in [1.29, 1.82) is 0 Å². The van der Waals surface area contributed by atoms with Crippen LogP contribution in [0.5, 0.6) is 0 Å². The van der Waals surface area contributed by atoms with Gasteiger partial charge in [-0.05, 0) is 25.1 Å². The molecule has 4 nitrogen and oxygen atoms in total. The second kappa shape index (κ2) is 6.79. The second-order valence-corrected chi connectivity index (χ2v) is 3.48. The summed E-state index contributed by atoms with van der Waals surface area (Å²) in [6.07, 6.45) is -0.537. The van der Waals surface area contributed by atoms with Crippen molar-refractivity contribution >= 4 is 23.4 Å². The summed E-state index contributed by atoms with van der Waals surface area (Å²) in [4.78, 5) is 11.3. The van der Waals surface area contributed by atoms with Crippen molar-refractivity contribution in [2.45, 2.75) is 6.92 Å². The minimum absolute atomic E-state index is 0.251. The average Bonchev–Trinajstić information content (AvgIpc) is 2.28. The molecule has 0 bridgehead atoms. The fourth-order valence-electron chi connectivity index (χ4n) is 1.15. The Morgan fingerprint density at radius 1 is 1.59 bits per heavy atom. The zero-order valence-corrected chi connectivity index (χ0v) is 10.2. The maximum Gasteiger partial charge on any atom is 0.411 e. The number of ether oxygens (including phenoxy) is 1.